The predicted octanol–water partition coefficient (Wildman–Crippen LogP) is 4.28. The van der Waals surface area contributed by atoms with Crippen molar-refractivity contribution in [1.82, 2.24) is 34.6 Å². The maximum Gasteiger partial charge on any atom is 0.387 e. The minimum absolute atomic E-state index is 0.0302. The van der Waals surface area contributed by atoms with Gasteiger partial charge in [0.05, 0.1) is 29.4 Å². The van der Waals surface area contributed by atoms with E-state index in [0.717, 1.165) is 5.69 Å². The Kier molecular flexibility index (Phi) is 5.93. The highest BCUT2D eigenvalue weighted by atomic mass is 19.3. The molecule has 4 aromatic rings. The maximum atomic E-state index is 14.5. The first-order valence-electron chi connectivity index (χ1n) is 14.5. The molecule has 2 saturated heterocycles. The van der Waals surface area contributed by atoms with E-state index in [4.69, 9.17) is 9.72 Å². The molecule has 14 heteroatoms. The van der Waals surface area contributed by atoms with Crippen LogP contribution in [0.2, 0.25) is 0 Å². The first kappa shape index (κ1) is 27.2. The van der Waals surface area contributed by atoms with E-state index in [1.807, 2.05) is 15.5 Å². The van der Waals surface area contributed by atoms with Crippen molar-refractivity contribution in [3.8, 4) is 16.9 Å². The first-order chi connectivity index (χ1) is 21.2. The summed E-state index contributed by atoms with van der Waals surface area (Å²) in [5, 5.41) is 2.85. The summed E-state index contributed by atoms with van der Waals surface area (Å²) in [6, 6.07) is 4.28. The number of carbonyl (C=O) groups excluding carboxylic acids is 1. The minimum atomic E-state index is -3.04. The van der Waals surface area contributed by atoms with Crippen LogP contribution in [0, 0.1) is 5.41 Å². The van der Waals surface area contributed by atoms with Gasteiger partial charge in [-0.3, -0.25) is 9.20 Å². The third-order valence-electron chi connectivity index (χ3n) is 9.86. The van der Waals surface area contributed by atoms with Crippen molar-refractivity contribution in [3.05, 3.63) is 65.5 Å². The second-order valence-electron chi connectivity index (χ2n) is 12.1. The molecule has 0 saturated carbocycles. The van der Waals surface area contributed by atoms with Gasteiger partial charge in [0.25, 0.3) is 11.8 Å². The lowest BCUT2D eigenvalue weighted by atomic mass is 9.75. The lowest BCUT2D eigenvalue weighted by Gasteiger charge is -2.41. The summed E-state index contributed by atoms with van der Waals surface area (Å²) in [5.41, 5.74) is 2.57. The summed E-state index contributed by atoms with van der Waals surface area (Å²) in [6.45, 7) is -2.10. The number of fused-ring (bicyclic) bond motifs is 9. The molecule has 228 valence electrons. The van der Waals surface area contributed by atoms with Crippen LogP contribution in [0.25, 0.3) is 16.9 Å². The van der Waals surface area contributed by atoms with E-state index in [2.05, 4.69) is 20.3 Å². The molecule has 1 aromatic carbocycles. The number of ether oxygens (including phenoxy) is 1. The Bertz CT molecular complexity index is 1790. The molecule has 3 aromatic heterocycles. The number of hydrogen-bond acceptors (Lipinski definition) is 8. The Morgan fingerprint density at radius 1 is 1.05 bits per heavy atom. The summed E-state index contributed by atoms with van der Waals surface area (Å²) < 4.78 is 62.6. The van der Waals surface area contributed by atoms with E-state index < -0.39 is 23.9 Å². The van der Waals surface area contributed by atoms with E-state index in [1.54, 1.807) is 42.7 Å². The normalized spacial score (nSPS) is 23.4. The second kappa shape index (κ2) is 9.58. The summed E-state index contributed by atoms with van der Waals surface area (Å²) in [5.74, 6) is -2.55. The third-order valence-corrected chi connectivity index (χ3v) is 9.86. The second-order valence-corrected chi connectivity index (χ2v) is 12.1. The Morgan fingerprint density at radius 2 is 1.80 bits per heavy atom. The number of benzene rings is 1. The van der Waals surface area contributed by atoms with Gasteiger partial charge in [0.15, 0.2) is 0 Å². The molecule has 0 radical (unpaired) electrons. The zero-order valence-electron chi connectivity index (χ0n) is 23.7. The molecule has 1 amide bonds. The van der Waals surface area contributed by atoms with Crippen LogP contribution in [0.4, 0.5) is 23.5 Å². The average Bonchev–Trinajstić information content (AvgIpc) is 3.63. The topological polar surface area (TPSA) is 101 Å². The number of amides is 1. The van der Waals surface area contributed by atoms with Crippen molar-refractivity contribution in [2.45, 2.75) is 43.8 Å². The quantitative estimate of drug-likeness (QED) is 0.343. The molecule has 10 nitrogen and oxygen atoms in total. The van der Waals surface area contributed by atoms with Crippen molar-refractivity contribution in [2.75, 3.05) is 38.1 Å². The van der Waals surface area contributed by atoms with Crippen LogP contribution in [0.3, 0.4) is 0 Å². The van der Waals surface area contributed by atoms with Gasteiger partial charge in [-0.25, -0.2) is 28.7 Å². The van der Waals surface area contributed by atoms with Crippen LogP contribution in [0.15, 0.2) is 43.0 Å². The van der Waals surface area contributed by atoms with Gasteiger partial charge in [0, 0.05) is 79.6 Å². The van der Waals surface area contributed by atoms with Gasteiger partial charge in [-0.1, -0.05) is 6.07 Å². The lowest BCUT2D eigenvalue weighted by Crippen LogP contribution is -2.49. The van der Waals surface area contributed by atoms with Gasteiger partial charge in [-0.2, -0.15) is 8.78 Å². The van der Waals surface area contributed by atoms with Crippen LogP contribution in [0.5, 0.6) is 5.75 Å². The van der Waals surface area contributed by atoms with Gasteiger partial charge < -0.3 is 19.9 Å². The van der Waals surface area contributed by atoms with Crippen LogP contribution >= 0.6 is 0 Å². The molecule has 2 fully saturated rings. The molecule has 1 N–H and O–H groups in total. The van der Waals surface area contributed by atoms with Crippen LogP contribution < -0.4 is 15.0 Å². The maximum absolute atomic E-state index is 14.5. The number of hydrogen-bond donors (Lipinski definition) is 1. The molecule has 3 aliphatic heterocycles. The third kappa shape index (κ3) is 3.92. The molecule has 1 aliphatic carbocycles. The smallest absolute Gasteiger partial charge is 0.387 e. The fourth-order valence-corrected chi connectivity index (χ4v) is 7.46. The molecule has 44 heavy (non-hydrogen) atoms. The number of anilines is 1. The van der Waals surface area contributed by atoms with Crippen molar-refractivity contribution in [1.29, 1.82) is 0 Å². The molecular formula is C30H28F4N8O2. The number of rotatable bonds is 4. The van der Waals surface area contributed by atoms with Crippen molar-refractivity contribution in [2.24, 2.45) is 5.41 Å². The molecule has 1 spiro atoms. The van der Waals surface area contributed by atoms with Gasteiger partial charge in [0.1, 0.15) is 5.75 Å². The fraction of sp³-hybridized carbons (Fsp3) is 0.433. The molecule has 2 unspecified atom stereocenters. The highest BCUT2D eigenvalue weighted by molar-refractivity contribution is 5.98. The number of halogens is 4. The Balaban J connectivity index is 1.12. The molecule has 2 bridgehead atoms. The van der Waals surface area contributed by atoms with Crippen molar-refractivity contribution in [3.63, 3.8) is 0 Å². The summed E-state index contributed by atoms with van der Waals surface area (Å²) in [7, 11) is 1.69. The summed E-state index contributed by atoms with van der Waals surface area (Å²) in [6.07, 6.45) is 8.08. The summed E-state index contributed by atoms with van der Waals surface area (Å²) >= 11 is 0. The molecular weight excluding hydrogens is 580 g/mol. The highest BCUT2D eigenvalue weighted by Crippen LogP contribution is 2.52. The molecule has 4 aliphatic rings. The Morgan fingerprint density at radius 3 is 2.50 bits per heavy atom. The minimum Gasteiger partial charge on any atom is -0.434 e. The van der Waals surface area contributed by atoms with Crippen LogP contribution in [-0.4, -0.2) is 80.9 Å². The van der Waals surface area contributed by atoms with E-state index in [0.29, 0.717) is 78.6 Å². The lowest BCUT2D eigenvalue weighted by molar-refractivity contribution is -0.0941. The van der Waals surface area contributed by atoms with Gasteiger partial charge >= 0.3 is 6.61 Å². The van der Waals surface area contributed by atoms with E-state index >= 15 is 0 Å². The number of piperidine rings is 1. The van der Waals surface area contributed by atoms with Crippen LogP contribution in [-0.2, 0) is 0 Å². The Hall–Kier alpha value is -4.33. The summed E-state index contributed by atoms with van der Waals surface area (Å²) in [4.78, 5) is 35.3. The van der Waals surface area contributed by atoms with Crippen molar-refractivity contribution < 1.29 is 27.1 Å². The Labute approximate surface area is 249 Å². The number of imidazole rings is 1. The first-order valence-corrected chi connectivity index (χ1v) is 14.5. The van der Waals surface area contributed by atoms with Gasteiger partial charge in [-0.15, -0.1) is 0 Å². The monoisotopic (exact) mass is 608 g/mol. The van der Waals surface area contributed by atoms with E-state index in [9.17, 15) is 22.4 Å². The fourth-order valence-electron chi connectivity index (χ4n) is 7.46. The van der Waals surface area contributed by atoms with Crippen LogP contribution in [0.1, 0.15) is 58.5 Å². The highest BCUT2D eigenvalue weighted by Gasteiger charge is 2.57. The zero-order chi connectivity index (χ0) is 30.4. The van der Waals surface area contributed by atoms with Gasteiger partial charge in [-0.05, 0) is 31.4 Å². The molecule has 6 heterocycles. The number of alkyl halides is 4. The van der Waals surface area contributed by atoms with E-state index in [1.165, 1.54) is 6.07 Å². The molecule has 8 rings (SSSR count). The largest absolute Gasteiger partial charge is 0.434 e. The zero-order valence-corrected chi connectivity index (χ0v) is 23.7. The average molecular weight is 609 g/mol. The standard InChI is InChI=1S/C30H28F4N8O2/c1-40-20-9-19(22-18(25(40)43)3-2-4-21(22)44-26(31)32)24-23(20)39-28-38-12-17(13-42(24)28)16-10-36-27(37-11-16)41-7-5-29(6-8-41)14-35-15-30(29,33)34/h2-4,10-13,19-20,26,35H,5-9,14-15H2,1H3. The SMILES string of the molecule is CN1C(=O)c2cccc(OC(F)F)c2C2CC1c1nc3ncc(-c4cnc(N5CCC6(CC5)CNCC6(F)F)nc4)cn3c12. The van der Waals surface area contributed by atoms with Gasteiger partial charge in [0.2, 0.25) is 11.7 Å². The van der Waals surface area contributed by atoms with E-state index in [-0.39, 0.29) is 24.2 Å². The predicted molar refractivity (Wildman–Crippen MR) is 150 cm³/mol. The van der Waals surface area contributed by atoms with Crippen molar-refractivity contribution >= 4 is 17.6 Å². The number of nitrogens with zero attached hydrogens (tertiary/aromatic N) is 7. The molecule has 2 atom stereocenters. The number of aromatic nitrogens is 5. The number of carbonyl (C=O) groups is 1. The number of nitrogens with one attached hydrogen (secondary N) is 1.